The maximum absolute atomic E-state index is 12.7. The number of ether oxygens (including phenoxy) is 1. The lowest BCUT2D eigenvalue weighted by atomic mass is 10.0. The van der Waals surface area contributed by atoms with Crippen molar-refractivity contribution < 1.29 is 19.3 Å². The molecule has 1 aromatic rings. The topological polar surface area (TPSA) is 38.7 Å². The molecule has 1 N–H and O–H groups in total. The first-order valence-electron chi connectivity index (χ1n) is 4.67. The third-order valence-electron chi connectivity index (χ3n) is 2.29. The summed E-state index contributed by atoms with van der Waals surface area (Å²) in [6, 6.07) is 6.08. The molecule has 2 atom stereocenters. The molecule has 1 heterocycles. The predicted octanol–water partition coefficient (Wildman–Crippen LogP) is 2.66. The highest BCUT2D eigenvalue weighted by Gasteiger charge is 2.19. The molecule has 0 amide bonds. The van der Waals surface area contributed by atoms with Gasteiger partial charge in [-0.15, -0.1) is 0 Å². The van der Waals surface area contributed by atoms with E-state index in [0.29, 0.717) is 6.42 Å². The van der Waals surface area contributed by atoms with E-state index >= 15 is 0 Å². The van der Waals surface area contributed by atoms with E-state index in [-0.39, 0.29) is 11.9 Å². The van der Waals surface area contributed by atoms with Crippen LogP contribution in [-0.4, -0.2) is 11.5 Å². The van der Waals surface area contributed by atoms with Gasteiger partial charge in [-0.3, -0.25) is 0 Å². The Labute approximate surface area is 86.7 Å². The van der Waals surface area contributed by atoms with E-state index in [1.807, 2.05) is 6.08 Å². The van der Waals surface area contributed by atoms with E-state index in [1.54, 1.807) is 18.2 Å². The first-order valence-corrected chi connectivity index (χ1v) is 4.67. The molecule has 1 aliphatic rings. The van der Waals surface area contributed by atoms with Crippen LogP contribution in [0, 0.1) is 5.82 Å². The minimum Gasteiger partial charge on any atom is -0.338 e. The van der Waals surface area contributed by atoms with Gasteiger partial charge in [0.15, 0.2) is 0 Å². The predicted molar refractivity (Wildman–Crippen MR) is 51.5 cm³/mol. The van der Waals surface area contributed by atoms with Crippen molar-refractivity contribution in [3.63, 3.8) is 0 Å². The minimum atomic E-state index is -0.742. The third-order valence-corrected chi connectivity index (χ3v) is 2.29. The number of hydrogen-bond donors (Lipinski definition) is 1. The monoisotopic (exact) mass is 210 g/mol. The molecule has 0 aliphatic carbocycles. The van der Waals surface area contributed by atoms with Gasteiger partial charge in [0.1, 0.15) is 5.82 Å². The maximum Gasteiger partial charge on any atom is 0.210 e. The van der Waals surface area contributed by atoms with E-state index in [4.69, 9.17) is 9.99 Å². The van der Waals surface area contributed by atoms with Gasteiger partial charge in [-0.1, -0.05) is 18.2 Å². The summed E-state index contributed by atoms with van der Waals surface area (Å²) in [6.07, 6.45) is 3.23. The quantitative estimate of drug-likeness (QED) is 0.463. The smallest absolute Gasteiger partial charge is 0.210 e. The van der Waals surface area contributed by atoms with Gasteiger partial charge in [-0.05, 0) is 30.2 Å². The summed E-state index contributed by atoms with van der Waals surface area (Å²) in [7, 11) is 0. The van der Waals surface area contributed by atoms with Gasteiger partial charge in [-0.2, -0.15) is 0 Å². The zero-order chi connectivity index (χ0) is 10.7. The van der Waals surface area contributed by atoms with Gasteiger partial charge >= 0.3 is 0 Å². The Morgan fingerprint density at radius 3 is 2.73 bits per heavy atom. The van der Waals surface area contributed by atoms with Crippen molar-refractivity contribution in [3.8, 4) is 0 Å². The molecule has 0 bridgehead atoms. The summed E-state index contributed by atoms with van der Waals surface area (Å²) >= 11 is 0. The zero-order valence-electron chi connectivity index (χ0n) is 7.97. The lowest BCUT2D eigenvalue weighted by molar-refractivity contribution is -0.340. The molecule has 0 fully saturated rings. The van der Waals surface area contributed by atoms with Crippen molar-refractivity contribution in [3.05, 3.63) is 47.8 Å². The fourth-order valence-corrected chi connectivity index (χ4v) is 1.53. The van der Waals surface area contributed by atoms with Crippen LogP contribution in [0.2, 0.25) is 0 Å². The third kappa shape index (κ3) is 2.41. The lowest BCUT2D eigenvalue weighted by Crippen LogP contribution is -2.20. The Hall–Kier alpha value is -1.23. The van der Waals surface area contributed by atoms with Crippen LogP contribution in [0.1, 0.15) is 18.1 Å². The second-order valence-electron chi connectivity index (χ2n) is 3.31. The summed E-state index contributed by atoms with van der Waals surface area (Å²) < 4.78 is 18.1. The standard InChI is InChI=1S/C11H11FO3/c12-9-6-4-8(5-7-9)10-2-1-3-11(14-10)15-13/h1,3-7,10-11,13H,2H2/t10-,11?/m1/s1. The Morgan fingerprint density at radius 2 is 2.07 bits per heavy atom. The van der Waals surface area contributed by atoms with Crippen LogP contribution in [-0.2, 0) is 9.62 Å². The van der Waals surface area contributed by atoms with Crippen molar-refractivity contribution >= 4 is 0 Å². The molecule has 3 nitrogen and oxygen atoms in total. The fourth-order valence-electron chi connectivity index (χ4n) is 1.53. The van der Waals surface area contributed by atoms with E-state index in [9.17, 15) is 4.39 Å². The highest BCUT2D eigenvalue weighted by atomic mass is 19.1. The molecule has 0 saturated carbocycles. The molecule has 4 heteroatoms. The molecule has 15 heavy (non-hydrogen) atoms. The second kappa shape index (κ2) is 4.53. The van der Waals surface area contributed by atoms with Gasteiger partial charge in [0.25, 0.3) is 0 Å². The average Bonchev–Trinajstić information content (AvgIpc) is 2.30. The van der Waals surface area contributed by atoms with E-state index in [1.165, 1.54) is 12.1 Å². The number of benzene rings is 1. The van der Waals surface area contributed by atoms with Gasteiger partial charge in [0.05, 0.1) is 6.10 Å². The second-order valence-corrected chi connectivity index (χ2v) is 3.31. The summed E-state index contributed by atoms with van der Waals surface area (Å²) in [6.45, 7) is 0. The van der Waals surface area contributed by atoms with Crippen LogP contribution in [0.15, 0.2) is 36.4 Å². The normalized spacial score (nSPS) is 25.5. The van der Waals surface area contributed by atoms with Crippen molar-refractivity contribution in [2.24, 2.45) is 0 Å². The van der Waals surface area contributed by atoms with Gasteiger partial charge in [0.2, 0.25) is 6.29 Å². The molecule has 1 aliphatic heterocycles. The van der Waals surface area contributed by atoms with Crippen molar-refractivity contribution in [1.82, 2.24) is 0 Å². The van der Waals surface area contributed by atoms with Crippen molar-refractivity contribution in [2.45, 2.75) is 18.8 Å². The molecule has 0 spiro atoms. The maximum atomic E-state index is 12.7. The van der Waals surface area contributed by atoms with E-state index < -0.39 is 6.29 Å². The largest absolute Gasteiger partial charge is 0.338 e. The summed E-state index contributed by atoms with van der Waals surface area (Å²) in [5.74, 6) is -0.278. The summed E-state index contributed by atoms with van der Waals surface area (Å²) in [4.78, 5) is 4.08. The minimum absolute atomic E-state index is 0.201. The first-order chi connectivity index (χ1) is 7.29. The summed E-state index contributed by atoms with van der Waals surface area (Å²) in [5, 5.41) is 8.46. The van der Waals surface area contributed by atoms with E-state index in [0.717, 1.165) is 5.56 Å². The van der Waals surface area contributed by atoms with Crippen LogP contribution in [0.25, 0.3) is 0 Å². The zero-order valence-corrected chi connectivity index (χ0v) is 7.97. The average molecular weight is 210 g/mol. The molecule has 1 unspecified atom stereocenters. The molecule has 1 aromatic carbocycles. The van der Waals surface area contributed by atoms with Gasteiger partial charge in [-0.25, -0.2) is 14.5 Å². The Kier molecular flexibility index (Phi) is 3.11. The first kappa shape index (κ1) is 10.3. The Bertz CT molecular complexity index is 347. The number of hydrogen-bond acceptors (Lipinski definition) is 3. The van der Waals surface area contributed by atoms with E-state index in [2.05, 4.69) is 4.89 Å². The lowest BCUT2D eigenvalue weighted by Gasteiger charge is -2.23. The Balaban J connectivity index is 2.11. The van der Waals surface area contributed by atoms with Crippen LogP contribution >= 0.6 is 0 Å². The Morgan fingerprint density at radius 1 is 1.33 bits per heavy atom. The van der Waals surface area contributed by atoms with Crippen LogP contribution < -0.4 is 0 Å². The number of rotatable bonds is 2. The molecule has 2 rings (SSSR count). The summed E-state index contributed by atoms with van der Waals surface area (Å²) in [5.41, 5.74) is 0.864. The van der Waals surface area contributed by atoms with Crippen molar-refractivity contribution in [2.75, 3.05) is 0 Å². The molecule has 0 aromatic heterocycles. The highest BCUT2D eigenvalue weighted by molar-refractivity contribution is 5.20. The number of halogens is 1. The van der Waals surface area contributed by atoms with Crippen LogP contribution in [0.3, 0.4) is 0 Å². The van der Waals surface area contributed by atoms with Crippen LogP contribution in [0.4, 0.5) is 4.39 Å². The molecule has 80 valence electrons. The van der Waals surface area contributed by atoms with Crippen molar-refractivity contribution in [1.29, 1.82) is 0 Å². The van der Waals surface area contributed by atoms with Crippen LogP contribution in [0.5, 0.6) is 0 Å². The highest BCUT2D eigenvalue weighted by Crippen LogP contribution is 2.27. The molecular weight excluding hydrogens is 199 g/mol. The molecule has 0 radical (unpaired) electrons. The van der Waals surface area contributed by atoms with Gasteiger partial charge < -0.3 is 4.74 Å². The fraction of sp³-hybridized carbons (Fsp3) is 0.273. The van der Waals surface area contributed by atoms with Gasteiger partial charge in [0, 0.05) is 0 Å². The molecule has 0 saturated heterocycles. The molecular formula is C11H11FO3. The SMILES string of the molecule is OOC1C=CC[C@H](c2ccc(F)cc2)O1.